The van der Waals surface area contributed by atoms with Gasteiger partial charge in [0.25, 0.3) is 0 Å². The Hall–Kier alpha value is -0.910. The van der Waals surface area contributed by atoms with E-state index in [1.54, 1.807) is 6.20 Å². The molecule has 0 aliphatic heterocycles. The van der Waals surface area contributed by atoms with Gasteiger partial charge in [0, 0.05) is 29.9 Å². The first-order valence-corrected chi connectivity index (χ1v) is 7.04. The van der Waals surface area contributed by atoms with Gasteiger partial charge in [0.2, 0.25) is 0 Å². The van der Waals surface area contributed by atoms with Crippen molar-refractivity contribution < 1.29 is 0 Å². The molecule has 0 aliphatic carbocycles. The van der Waals surface area contributed by atoms with Gasteiger partial charge in [0.1, 0.15) is 5.82 Å². The first-order chi connectivity index (χ1) is 8.61. The lowest BCUT2D eigenvalue weighted by atomic mass is 10.2. The Labute approximate surface area is 123 Å². The normalized spacial score (nSPS) is 10.4. The zero-order valence-electron chi connectivity index (χ0n) is 9.90. The third-order valence-corrected chi connectivity index (χ3v) is 3.68. The summed E-state index contributed by atoms with van der Waals surface area (Å²) in [6.07, 6.45) is 1.78. The Kier molecular flexibility index (Phi) is 4.37. The van der Waals surface area contributed by atoms with Crippen molar-refractivity contribution in [3.8, 4) is 0 Å². The lowest BCUT2D eigenvalue weighted by molar-refractivity contribution is 1.06. The summed E-state index contributed by atoms with van der Waals surface area (Å²) >= 11 is 6.91. The molecule has 0 spiro atoms. The highest BCUT2D eigenvalue weighted by Gasteiger charge is 2.09. The van der Waals surface area contributed by atoms with Gasteiger partial charge in [-0.25, -0.2) is 4.98 Å². The molecular weight excluding hydrogens is 358 g/mol. The second-order valence-corrected chi connectivity index (χ2v) is 5.66. The van der Waals surface area contributed by atoms with Gasteiger partial charge in [0.15, 0.2) is 0 Å². The molecule has 0 saturated heterocycles. The van der Waals surface area contributed by atoms with Crippen molar-refractivity contribution in [2.24, 2.45) is 5.73 Å². The van der Waals surface area contributed by atoms with Crippen LogP contribution in [0.15, 0.2) is 45.5 Å². The van der Waals surface area contributed by atoms with Gasteiger partial charge in [-0.05, 0) is 55.6 Å². The Bertz CT molecular complexity index is 540. The minimum atomic E-state index is 0.560. The number of benzene rings is 1. The molecule has 0 amide bonds. The van der Waals surface area contributed by atoms with Crippen LogP contribution in [0.5, 0.6) is 0 Å². The summed E-state index contributed by atoms with van der Waals surface area (Å²) in [6, 6.07) is 10.1. The van der Waals surface area contributed by atoms with E-state index in [2.05, 4.69) is 36.8 Å². The molecular formula is C13H13Br2N3. The van der Waals surface area contributed by atoms with Gasteiger partial charge in [-0.15, -0.1) is 0 Å². The maximum Gasteiger partial charge on any atom is 0.147 e. The number of anilines is 2. The van der Waals surface area contributed by atoms with Gasteiger partial charge in [0.05, 0.1) is 4.47 Å². The van der Waals surface area contributed by atoms with Crippen molar-refractivity contribution in [1.29, 1.82) is 0 Å². The third-order valence-electron chi connectivity index (χ3n) is 2.67. The molecule has 1 aromatic heterocycles. The lowest BCUT2D eigenvalue weighted by Crippen LogP contribution is -2.12. The van der Waals surface area contributed by atoms with Crippen LogP contribution in [-0.2, 0) is 6.54 Å². The van der Waals surface area contributed by atoms with Crippen molar-refractivity contribution in [2.45, 2.75) is 6.54 Å². The zero-order chi connectivity index (χ0) is 13.1. The van der Waals surface area contributed by atoms with E-state index in [0.717, 1.165) is 26.0 Å². The van der Waals surface area contributed by atoms with Crippen LogP contribution >= 0.6 is 31.9 Å². The van der Waals surface area contributed by atoms with E-state index in [9.17, 15) is 0 Å². The van der Waals surface area contributed by atoms with Crippen LogP contribution < -0.4 is 10.6 Å². The number of hydrogen-bond donors (Lipinski definition) is 1. The fraction of sp³-hybridized carbons (Fsp3) is 0.154. The van der Waals surface area contributed by atoms with Gasteiger partial charge >= 0.3 is 0 Å². The maximum absolute atomic E-state index is 5.59. The molecule has 94 valence electrons. The van der Waals surface area contributed by atoms with E-state index >= 15 is 0 Å². The summed E-state index contributed by atoms with van der Waals surface area (Å²) in [5.74, 6) is 0.874. The van der Waals surface area contributed by atoms with Crippen LogP contribution in [0.1, 0.15) is 5.56 Å². The minimum Gasteiger partial charge on any atom is -0.329 e. The average molecular weight is 371 g/mol. The number of aromatic nitrogens is 1. The predicted molar refractivity (Wildman–Crippen MR) is 82.0 cm³/mol. The molecule has 2 aromatic rings. The molecule has 5 heteroatoms. The fourth-order valence-electron chi connectivity index (χ4n) is 1.63. The van der Waals surface area contributed by atoms with Gasteiger partial charge in [-0.2, -0.15) is 0 Å². The number of rotatable bonds is 3. The smallest absolute Gasteiger partial charge is 0.147 e. The number of nitrogens with zero attached hydrogens (tertiary/aromatic N) is 2. The molecule has 1 aromatic carbocycles. The van der Waals surface area contributed by atoms with E-state index < -0.39 is 0 Å². The Morgan fingerprint density at radius 1 is 1.22 bits per heavy atom. The number of nitrogens with two attached hydrogens (primary N) is 1. The van der Waals surface area contributed by atoms with E-state index in [0.29, 0.717) is 6.54 Å². The fourth-order valence-corrected chi connectivity index (χ4v) is 2.89. The summed E-state index contributed by atoms with van der Waals surface area (Å²) in [7, 11) is 1.98. The van der Waals surface area contributed by atoms with Crippen molar-refractivity contribution in [2.75, 3.05) is 11.9 Å². The zero-order valence-corrected chi connectivity index (χ0v) is 13.1. The second kappa shape index (κ2) is 5.82. The van der Waals surface area contributed by atoms with E-state index in [-0.39, 0.29) is 0 Å². The van der Waals surface area contributed by atoms with Crippen molar-refractivity contribution in [1.82, 2.24) is 4.98 Å². The molecule has 0 fully saturated rings. The molecule has 0 aliphatic rings. The first kappa shape index (κ1) is 13.5. The largest absolute Gasteiger partial charge is 0.329 e. The standard InChI is InChI=1S/C13H13Br2N3/c1-18(11-4-2-9(7-16)3-5-11)13-12(15)6-10(14)8-17-13/h2-6,8H,7,16H2,1H3. The molecule has 0 atom stereocenters. The Balaban J connectivity index is 2.31. The minimum absolute atomic E-state index is 0.560. The van der Waals surface area contributed by atoms with Crippen LogP contribution in [0.4, 0.5) is 11.5 Å². The van der Waals surface area contributed by atoms with Gasteiger partial charge < -0.3 is 10.6 Å². The SMILES string of the molecule is CN(c1ccc(CN)cc1)c1ncc(Br)cc1Br. The highest BCUT2D eigenvalue weighted by Crippen LogP contribution is 2.30. The van der Waals surface area contributed by atoms with Crippen LogP contribution in [0.25, 0.3) is 0 Å². The molecule has 3 nitrogen and oxygen atoms in total. The van der Waals surface area contributed by atoms with Gasteiger partial charge in [-0.3, -0.25) is 0 Å². The molecule has 0 radical (unpaired) electrons. The van der Waals surface area contributed by atoms with Crippen LogP contribution in [0.3, 0.4) is 0 Å². The van der Waals surface area contributed by atoms with Gasteiger partial charge in [-0.1, -0.05) is 12.1 Å². The molecule has 18 heavy (non-hydrogen) atoms. The monoisotopic (exact) mass is 369 g/mol. The molecule has 2 rings (SSSR count). The van der Waals surface area contributed by atoms with Crippen LogP contribution in [-0.4, -0.2) is 12.0 Å². The number of pyridine rings is 1. The van der Waals surface area contributed by atoms with Crippen LogP contribution in [0.2, 0.25) is 0 Å². The van der Waals surface area contributed by atoms with E-state index in [1.807, 2.05) is 42.3 Å². The van der Waals surface area contributed by atoms with Crippen molar-refractivity contribution in [3.63, 3.8) is 0 Å². The Morgan fingerprint density at radius 3 is 2.44 bits per heavy atom. The lowest BCUT2D eigenvalue weighted by Gasteiger charge is -2.20. The predicted octanol–water partition coefficient (Wildman–Crippen LogP) is 3.83. The highest BCUT2D eigenvalue weighted by atomic mass is 79.9. The first-order valence-electron chi connectivity index (χ1n) is 5.45. The molecule has 0 unspecified atom stereocenters. The summed E-state index contributed by atoms with van der Waals surface area (Å²) in [4.78, 5) is 6.43. The molecule has 0 saturated carbocycles. The van der Waals surface area contributed by atoms with Crippen molar-refractivity contribution >= 4 is 43.4 Å². The van der Waals surface area contributed by atoms with E-state index in [4.69, 9.17) is 5.73 Å². The van der Waals surface area contributed by atoms with Crippen molar-refractivity contribution in [3.05, 3.63) is 51.0 Å². The van der Waals surface area contributed by atoms with E-state index in [1.165, 1.54) is 0 Å². The second-order valence-electron chi connectivity index (χ2n) is 3.89. The number of halogens is 2. The summed E-state index contributed by atoms with van der Waals surface area (Å²) in [6.45, 7) is 0.560. The molecule has 2 N–H and O–H groups in total. The Morgan fingerprint density at radius 2 is 1.89 bits per heavy atom. The average Bonchev–Trinajstić information content (AvgIpc) is 2.38. The quantitative estimate of drug-likeness (QED) is 0.892. The highest BCUT2D eigenvalue weighted by molar-refractivity contribution is 9.11. The maximum atomic E-state index is 5.59. The van der Waals surface area contributed by atoms with Crippen LogP contribution in [0, 0.1) is 0 Å². The molecule has 1 heterocycles. The molecule has 0 bridgehead atoms. The summed E-state index contributed by atoms with van der Waals surface area (Å²) in [5, 5.41) is 0. The number of hydrogen-bond acceptors (Lipinski definition) is 3. The summed E-state index contributed by atoms with van der Waals surface area (Å²) < 4.78 is 1.90. The third kappa shape index (κ3) is 2.91. The topological polar surface area (TPSA) is 42.1 Å². The summed E-state index contributed by atoms with van der Waals surface area (Å²) in [5.41, 5.74) is 7.78.